The number of hydrogen-bond donors (Lipinski definition) is 6. The van der Waals surface area contributed by atoms with Gasteiger partial charge < -0.3 is 54.0 Å². The van der Waals surface area contributed by atoms with Crippen molar-refractivity contribution in [2.75, 3.05) is 19.8 Å². The summed E-state index contributed by atoms with van der Waals surface area (Å²) in [6.07, 6.45) is -10.3. The van der Waals surface area contributed by atoms with Crippen LogP contribution in [0.3, 0.4) is 0 Å². The van der Waals surface area contributed by atoms with Crippen molar-refractivity contribution in [3.8, 4) is 5.75 Å². The van der Waals surface area contributed by atoms with Gasteiger partial charge in [-0.25, -0.2) is 4.79 Å². The average molecular weight is 456 g/mol. The Morgan fingerprint density at radius 3 is 2.50 bits per heavy atom. The Hall–Kier alpha value is -2.13. The lowest BCUT2D eigenvalue weighted by molar-refractivity contribution is -0.289. The van der Waals surface area contributed by atoms with Gasteiger partial charge in [-0.2, -0.15) is 0 Å². The van der Waals surface area contributed by atoms with E-state index in [1.807, 2.05) is 0 Å². The monoisotopic (exact) mass is 456 g/mol. The van der Waals surface area contributed by atoms with Gasteiger partial charge in [0, 0.05) is 17.5 Å². The van der Waals surface area contributed by atoms with Crippen molar-refractivity contribution in [2.45, 2.75) is 48.7 Å². The predicted octanol–water partition coefficient (Wildman–Crippen LogP) is -2.56. The van der Waals surface area contributed by atoms with Gasteiger partial charge in [0.25, 0.3) is 0 Å². The minimum atomic E-state index is -1.89. The predicted molar refractivity (Wildman–Crippen MR) is 104 cm³/mol. The Kier molecular flexibility index (Phi) is 6.49. The third-order valence-corrected chi connectivity index (χ3v) is 5.52. The van der Waals surface area contributed by atoms with Crippen LogP contribution in [0, 0.1) is 0 Å². The van der Waals surface area contributed by atoms with Crippen LogP contribution in [0.5, 0.6) is 5.75 Å². The van der Waals surface area contributed by atoms with E-state index in [0.29, 0.717) is 5.39 Å². The van der Waals surface area contributed by atoms with Crippen LogP contribution in [-0.4, -0.2) is 99.2 Å². The molecule has 0 amide bonds. The fraction of sp³-hybridized carbons (Fsp3) is 0.550. The molecule has 0 spiro atoms. The second kappa shape index (κ2) is 9.02. The Morgan fingerprint density at radius 1 is 1.03 bits per heavy atom. The molecule has 2 aliphatic heterocycles. The molecule has 8 atom stereocenters. The van der Waals surface area contributed by atoms with Crippen LogP contribution in [0.1, 0.15) is 0 Å². The molecule has 176 valence electrons. The molecule has 3 heterocycles. The number of aliphatic hydroxyl groups excluding tert-OH is 5. The van der Waals surface area contributed by atoms with E-state index in [-0.39, 0.29) is 17.9 Å². The molecule has 0 bridgehead atoms. The second-order valence-corrected chi connectivity index (χ2v) is 7.81. The Labute approximate surface area is 180 Å². The number of hydrogen-bond acceptors (Lipinski definition) is 12. The van der Waals surface area contributed by atoms with Gasteiger partial charge in [-0.3, -0.25) is 0 Å². The van der Waals surface area contributed by atoms with Gasteiger partial charge in [-0.15, -0.1) is 0 Å². The molecule has 6 N–H and O–H groups in total. The average Bonchev–Trinajstić information content (AvgIpc) is 3.07. The number of benzene rings is 1. The summed E-state index contributed by atoms with van der Waals surface area (Å²) in [5, 5.41) is 60.6. The number of ether oxygens (including phenoxy) is 4. The number of fused-ring (bicyclic) bond motifs is 1. The molecule has 1 unspecified atom stereocenters. The summed E-state index contributed by atoms with van der Waals surface area (Å²) in [4.78, 5) is 11.4. The first kappa shape index (κ1) is 23.0. The molecule has 0 saturated carbocycles. The molecule has 2 fully saturated rings. The molecular formula is C20H24O12. The molecule has 0 aliphatic carbocycles. The van der Waals surface area contributed by atoms with Gasteiger partial charge in [-0.05, 0) is 18.2 Å². The van der Waals surface area contributed by atoms with Crippen molar-refractivity contribution < 1.29 is 54.0 Å². The van der Waals surface area contributed by atoms with Gasteiger partial charge in [0.1, 0.15) is 47.5 Å². The van der Waals surface area contributed by atoms with Crippen molar-refractivity contribution in [1.29, 1.82) is 0 Å². The molecule has 0 radical (unpaired) electrons. The van der Waals surface area contributed by atoms with E-state index >= 15 is 0 Å². The molecule has 32 heavy (non-hydrogen) atoms. The maximum absolute atomic E-state index is 11.4. The van der Waals surface area contributed by atoms with E-state index < -0.39 is 67.5 Å². The van der Waals surface area contributed by atoms with Crippen LogP contribution < -0.4 is 10.4 Å². The molecular weight excluding hydrogens is 432 g/mol. The summed E-state index contributed by atoms with van der Waals surface area (Å²) >= 11 is 0. The topological polar surface area (TPSA) is 189 Å². The maximum Gasteiger partial charge on any atom is 0.336 e. The quantitative estimate of drug-likeness (QED) is 0.250. The standard InChI is InChI=1S/C20H24O12/c21-7-20(27)8-29-19(17(20)26)28-6-12-14(23)15(24)16(25)18(32-12)30-10-3-1-9-2-4-13(22)31-11(9)5-10/h1-5,12,14-19,21,23-27H,6-8H2/t12-,14-,15+,16-,17+,18-,19?,20-/m1/s1. The molecule has 4 rings (SSSR count). The Bertz CT molecular complexity index is 994. The minimum Gasteiger partial charge on any atom is -0.462 e. The summed E-state index contributed by atoms with van der Waals surface area (Å²) in [5.74, 6) is 0.168. The van der Waals surface area contributed by atoms with Gasteiger partial charge in [0.2, 0.25) is 6.29 Å². The van der Waals surface area contributed by atoms with Gasteiger partial charge in [-0.1, -0.05) is 0 Å². The number of aliphatic hydroxyl groups is 6. The first-order chi connectivity index (χ1) is 15.2. The lowest BCUT2D eigenvalue weighted by atomic mass is 9.99. The molecule has 2 aromatic rings. The summed E-state index contributed by atoms with van der Waals surface area (Å²) in [5.41, 5.74) is -2.20. The lowest BCUT2D eigenvalue weighted by Gasteiger charge is -2.40. The van der Waals surface area contributed by atoms with E-state index in [0.717, 1.165) is 0 Å². The fourth-order valence-electron chi connectivity index (χ4n) is 3.52. The maximum atomic E-state index is 11.4. The van der Waals surface area contributed by atoms with E-state index in [4.69, 9.17) is 23.4 Å². The summed E-state index contributed by atoms with van der Waals surface area (Å²) < 4.78 is 26.7. The highest BCUT2D eigenvalue weighted by atomic mass is 16.7. The SMILES string of the molecule is O=c1ccc2ccc(O[C@@H]3O[C@H](COC4OC[C@](O)(CO)[C@H]4O)[C@@H](O)[C@H](O)[C@H]3O)cc2o1. The van der Waals surface area contributed by atoms with Crippen LogP contribution >= 0.6 is 0 Å². The van der Waals surface area contributed by atoms with E-state index in [2.05, 4.69) is 0 Å². The van der Waals surface area contributed by atoms with Gasteiger partial charge in [0.05, 0.1) is 19.8 Å². The Balaban J connectivity index is 1.44. The molecule has 1 aromatic carbocycles. The lowest BCUT2D eigenvalue weighted by Crippen LogP contribution is -2.60. The summed E-state index contributed by atoms with van der Waals surface area (Å²) in [7, 11) is 0. The highest BCUT2D eigenvalue weighted by molar-refractivity contribution is 5.77. The first-order valence-electron chi connectivity index (χ1n) is 9.86. The zero-order valence-corrected chi connectivity index (χ0v) is 16.7. The largest absolute Gasteiger partial charge is 0.462 e. The fourth-order valence-corrected chi connectivity index (χ4v) is 3.52. The van der Waals surface area contributed by atoms with Crippen LogP contribution in [0.15, 0.2) is 39.5 Å². The van der Waals surface area contributed by atoms with Crippen LogP contribution in [0.2, 0.25) is 0 Å². The van der Waals surface area contributed by atoms with Crippen molar-refractivity contribution in [3.63, 3.8) is 0 Å². The van der Waals surface area contributed by atoms with Crippen LogP contribution in [-0.2, 0) is 14.2 Å². The second-order valence-electron chi connectivity index (χ2n) is 7.81. The Morgan fingerprint density at radius 2 is 1.78 bits per heavy atom. The van der Waals surface area contributed by atoms with Crippen molar-refractivity contribution in [3.05, 3.63) is 40.8 Å². The first-order valence-corrected chi connectivity index (χ1v) is 9.86. The van der Waals surface area contributed by atoms with Gasteiger partial charge >= 0.3 is 5.63 Å². The molecule has 1 aromatic heterocycles. The highest BCUT2D eigenvalue weighted by Crippen LogP contribution is 2.29. The molecule has 12 heteroatoms. The molecule has 2 saturated heterocycles. The summed E-state index contributed by atoms with van der Waals surface area (Å²) in [6, 6.07) is 7.41. The van der Waals surface area contributed by atoms with Gasteiger partial charge in [0.15, 0.2) is 6.29 Å². The molecule has 2 aliphatic rings. The van der Waals surface area contributed by atoms with E-state index in [9.17, 15) is 35.4 Å². The minimum absolute atomic E-state index is 0.168. The van der Waals surface area contributed by atoms with E-state index in [1.165, 1.54) is 12.1 Å². The van der Waals surface area contributed by atoms with Crippen molar-refractivity contribution in [2.24, 2.45) is 0 Å². The highest BCUT2D eigenvalue weighted by Gasteiger charge is 2.50. The van der Waals surface area contributed by atoms with E-state index in [1.54, 1.807) is 18.2 Å². The zero-order valence-electron chi connectivity index (χ0n) is 16.7. The zero-order chi connectivity index (χ0) is 23.0. The number of rotatable bonds is 6. The molecule has 12 nitrogen and oxygen atoms in total. The normalized spacial score (nSPS) is 37.6. The summed E-state index contributed by atoms with van der Waals surface area (Å²) in [6.45, 7) is -1.52. The van der Waals surface area contributed by atoms with Crippen molar-refractivity contribution in [1.82, 2.24) is 0 Å². The van der Waals surface area contributed by atoms with Crippen LogP contribution in [0.25, 0.3) is 11.0 Å². The third-order valence-electron chi connectivity index (χ3n) is 5.52. The van der Waals surface area contributed by atoms with Crippen LogP contribution in [0.4, 0.5) is 0 Å². The third kappa shape index (κ3) is 4.37. The van der Waals surface area contributed by atoms with Crippen molar-refractivity contribution >= 4 is 11.0 Å². The smallest absolute Gasteiger partial charge is 0.336 e.